The van der Waals surface area contributed by atoms with E-state index in [2.05, 4.69) is 108 Å². The number of nitrogen functional groups attached to an aromatic ring is 2. The van der Waals surface area contributed by atoms with Gasteiger partial charge in [-0.05, 0) is 84.7 Å². The van der Waals surface area contributed by atoms with Crippen molar-refractivity contribution >= 4 is 11.4 Å². The predicted octanol–water partition coefficient (Wildman–Crippen LogP) is 7.79. The number of rotatable bonds is 0. The number of fused-ring (bicyclic) bond motifs is 10. The molecular formula is C33H34N2. The molecule has 0 aromatic heterocycles. The van der Waals surface area contributed by atoms with Crippen LogP contribution in [-0.4, -0.2) is 0 Å². The van der Waals surface area contributed by atoms with E-state index in [-0.39, 0.29) is 10.8 Å². The lowest BCUT2D eigenvalue weighted by molar-refractivity contribution is 0.562. The molecule has 1 spiro atoms. The van der Waals surface area contributed by atoms with Crippen molar-refractivity contribution in [2.75, 3.05) is 11.5 Å². The van der Waals surface area contributed by atoms with Gasteiger partial charge in [-0.2, -0.15) is 0 Å². The zero-order valence-electron chi connectivity index (χ0n) is 21.6. The average molecular weight is 459 g/mol. The lowest BCUT2D eigenvalue weighted by Gasteiger charge is -2.37. The molecule has 0 atom stereocenters. The van der Waals surface area contributed by atoms with E-state index in [1.165, 1.54) is 55.6 Å². The molecule has 0 saturated heterocycles. The molecular weight excluding hydrogens is 424 g/mol. The summed E-state index contributed by atoms with van der Waals surface area (Å²) in [5, 5.41) is 0. The molecule has 2 aliphatic carbocycles. The first-order chi connectivity index (χ1) is 16.5. The summed E-state index contributed by atoms with van der Waals surface area (Å²) in [6.45, 7) is 13.7. The lowest BCUT2D eigenvalue weighted by atomic mass is 9.65. The standard InChI is InChI=1S/C33H34N2/c1-31(2,3)27-18-23-22-16-15-19(34)17-26(22)33(28(23)29(30(27)35)32(4,5)6)24-13-9-7-11-20(24)21-12-8-10-14-25(21)33/h7-18H,34-35H2,1-6H3. The molecule has 176 valence electrons. The first-order valence-electron chi connectivity index (χ1n) is 12.5. The van der Waals surface area contributed by atoms with Gasteiger partial charge in [-0.25, -0.2) is 0 Å². The molecule has 6 rings (SSSR count). The third-order valence-electron chi connectivity index (χ3n) is 7.99. The van der Waals surface area contributed by atoms with Gasteiger partial charge in [-0.3, -0.25) is 0 Å². The van der Waals surface area contributed by atoms with Gasteiger partial charge in [0.2, 0.25) is 0 Å². The van der Waals surface area contributed by atoms with Gasteiger partial charge in [0, 0.05) is 11.4 Å². The van der Waals surface area contributed by atoms with Gasteiger partial charge in [0.05, 0.1) is 5.41 Å². The number of benzene rings is 4. The average Bonchev–Trinajstić information content (AvgIpc) is 3.23. The molecule has 2 heteroatoms. The van der Waals surface area contributed by atoms with Crippen molar-refractivity contribution in [3.05, 3.63) is 106 Å². The fourth-order valence-electron chi connectivity index (χ4n) is 6.74. The van der Waals surface area contributed by atoms with Crippen LogP contribution in [0.1, 0.15) is 74.9 Å². The second kappa shape index (κ2) is 6.79. The van der Waals surface area contributed by atoms with Crippen LogP contribution in [0.5, 0.6) is 0 Å². The van der Waals surface area contributed by atoms with Gasteiger partial charge in [-0.1, -0.05) is 96.1 Å². The van der Waals surface area contributed by atoms with E-state index in [9.17, 15) is 0 Å². The Kier molecular flexibility index (Phi) is 4.26. The summed E-state index contributed by atoms with van der Waals surface area (Å²) in [6, 6.07) is 26.6. The Morgan fingerprint density at radius 3 is 1.66 bits per heavy atom. The van der Waals surface area contributed by atoms with Crippen molar-refractivity contribution < 1.29 is 0 Å². The van der Waals surface area contributed by atoms with E-state index < -0.39 is 5.41 Å². The van der Waals surface area contributed by atoms with Crippen molar-refractivity contribution in [3.63, 3.8) is 0 Å². The summed E-state index contributed by atoms with van der Waals surface area (Å²) < 4.78 is 0. The fraction of sp³-hybridized carbons (Fsp3) is 0.273. The van der Waals surface area contributed by atoms with E-state index >= 15 is 0 Å². The second-order valence-electron chi connectivity index (χ2n) is 12.3. The molecule has 4 aromatic carbocycles. The highest BCUT2D eigenvalue weighted by Crippen LogP contribution is 2.65. The summed E-state index contributed by atoms with van der Waals surface area (Å²) in [5.41, 5.74) is 27.5. The Morgan fingerprint density at radius 2 is 1.11 bits per heavy atom. The van der Waals surface area contributed by atoms with Gasteiger partial charge in [0.25, 0.3) is 0 Å². The fourth-order valence-corrected chi connectivity index (χ4v) is 6.74. The highest BCUT2D eigenvalue weighted by atomic mass is 14.6. The van der Waals surface area contributed by atoms with Gasteiger partial charge < -0.3 is 11.5 Å². The van der Waals surface area contributed by atoms with Gasteiger partial charge in [0.15, 0.2) is 0 Å². The molecule has 4 N–H and O–H groups in total. The Balaban J connectivity index is 1.91. The maximum absolute atomic E-state index is 7.16. The SMILES string of the molecule is CC(C)(C)c1cc2c(c(C(C)(C)C)c1N)C1(c3ccccc3-c3ccccc31)c1cc(N)ccc1-2. The van der Waals surface area contributed by atoms with Crippen LogP contribution in [0.4, 0.5) is 11.4 Å². The Morgan fingerprint density at radius 1 is 0.571 bits per heavy atom. The van der Waals surface area contributed by atoms with Crippen molar-refractivity contribution in [1.82, 2.24) is 0 Å². The molecule has 0 radical (unpaired) electrons. The number of anilines is 2. The van der Waals surface area contributed by atoms with Crippen LogP contribution < -0.4 is 11.5 Å². The van der Waals surface area contributed by atoms with E-state index in [1.807, 2.05) is 6.07 Å². The molecule has 4 aromatic rings. The summed E-state index contributed by atoms with van der Waals surface area (Å²) in [5.74, 6) is 0. The van der Waals surface area contributed by atoms with Crippen LogP contribution in [0.15, 0.2) is 72.8 Å². The Labute approximate surface area is 209 Å². The Hall–Kier alpha value is -3.52. The predicted molar refractivity (Wildman–Crippen MR) is 149 cm³/mol. The summed E-state index contributed by atoms with van der Waals surface area (Å²) in [4.78, 5) is 0. The lowest BCUT2D eigenvalue weighted by Crippen LogP contribution is -2.31. The van der Waals surface area contributed by atoms with Crippen molar-refractivity contribution in [3.8, 4) is 22.3 Å². The van der Waals surface area contributed by atoms with Crippen LogP contribution in [0.2, 0.25) is 0 Å². The normalized spacial score (nSPS) is 15.0. The number of hydrogen-bond acceptors (Lipinski definition) is 2. The third kappa shape index (κ3) is 2.71. The van der Waals surface area contributed by atoms with E-state index in [0.29, 0.717) is 0 Å². The maximum atomic E-state index is 7.16. The van der Waals surface area contributed by atoms with Gasteiger partial charge >= 0.3 is 0 Å². The zero-order valence-corrected chi connectivity index (χ0v) is 21.6. The minimum atomic E-state index is -0.444. The quantitative estimate of drug-likeness (QED) is 0.228. The molecule has 0 unspecified atom stereocenters. The molecule has 35 heavy (non-hydrogen) atoms. The molecule has 2 nitrogen and oxygen atoms in total. The highest BCUT2D eigenvalue weighted by Gasteiger charge is 2.54. The first kappa shape index (κ1) is 22.0. The molecule has 0 aliphatic heterocycles. The molecule has 0 bridgehead atoms. The minimum absolute atomic E-state index is 0.0751. The molecule has 2 aliphatic rings. The molecule has 0 fully saturated rings. The van der Waals surface area contributed by atoms with Gasteiger partial charge in [0.1, 0.15) is 0 Å². The molecule has 0 heterocycles. The summed E-state index contributed by atoms with van der Waals surface area (Å²) in [6.07, 6.45) is 0. The van der Waals surface area contributed by atoms with Crippen LogP contribution in [0.25, 0.3) is 22.3 Å². The topological polar surface area (TPSA) is 52.0 Å². The van der Waals surface area contributed by atoms with Crippen molar-refractivity contribution in [2.45, 2.75) is 57.8 Å². The van der Waals surface area contributed by atoms with Crippen LogP contribution in [0, 0.1) is 0 Å². The number of nitrogens with two attached hydrogens (primary N) is 2. The monoisotopic (exact) mass is 458 g/mol. The van der Waals surface area contributed by atoms with Crippen LogP contribution in [0.3, 0.4) is 0 Å². The van der Waals surface area contributed by atoms with Gasteiger partial charge in [-0.15, -0.1) is 0 Å². The van der Waals surface area contributed by atoms with Crippen LogP contribution in [-0.2, 0) is 16.2 Å². The van der Waals surface area contributed by atoms with Crippen LogP contribution >= 0.6 is 0 Å². The minimum Gasteiger partial charge on any atom is -0.399 e. The van der Waals surface area contributed by atoms with Crippen molar-refractivity contribution in [1.29, 1.82) is 0 Å². The summed E-state index contributed by atoms with van der Waals surface area (Å²) in [7, 11) is 0. The van der Waals surface area contributed by atoms with E-state index in [4.69, 9.17) is 11.5 Å². The third-order valence-corrected chi connectivity index (χ3v) is 7.99. The van der Waals surface area contributed by atoms with E-state index in [0.717, 1.165) is 11.4 Å². The Bertz CT molecular complexity index is 1480. The zero-order chi connectivity index (χ0) is 24.9. The van der Waals surface area contributed by atoms with Crippen molar-refractivity contribution in [2.24, 2.45) is 0 Å². The molecule has 0 saturated carbocycles. The first-order valence-corrected chi connectivity index (χ1v) is 12.5. The second-order valence-corrected chi connectivity index (χ2v) is 12.3. The molecule has 0 amide bonds. The largest absolute Gasteiger partial charge is 0.399 e. The smallest absolute Gasteiger partial charge is 0.0729 e. The maximum Gasteiger partial charge on any atom is 0.0729 e. The number of hydrogen-bond donors (Lipinski definition) is 2. The summed E-state index contributed by atoms with van der Waals surface area (Å²) >= 11 is 0. The highest BCUT2D eigenvalue weighted by molar-refractivity contribution is 5.98. The van der Waals surface area contributed by atoms with E-state index in [1.54, 1.807) is 0 Å².